The fourth-order valence-electron chi connectivity index (χ4n) is 1.25. The van der Waals surface area contributed by atoms with E-state index < -0.39 is 16.0 Å². The van der Waals surface area contributed by atoms with Gasteiger partial charge in [0.15, 0.2) is 0 Å². The lowest BCUT2D eigenvalue weighted by Crippen LogP contribution is -2.29. The summed E-state index contributed by atoms with van der Waals surface area (Å²) in [7, 11) is -3.25. The van der Waals surface area contributed by atoms with E-state index in [4.69, 9.17) is 5.11 Å². The molecule has 0 saturated carbocycles. The summed E-state index contributed by atoms with van der Waals surface area (Å²) in [6.07, 6.45) is 1.35. The van der Waals surface area contributed by atoms with E-state index in [1.54, 1.807) is 6.92 Å². The van der Waals surface area contributed by atoms with Crippen LogP contribution in [-0.4, -0.2) is 43.3 Å². The second kappa shape index (κ2) is 6.31. The number of aromatic carboxylic acids is 1. The van der Waals surface area contributed by atoms with Gasteiger partial charge in [-0.05, 0) is 12.1 Å². The number of pyridine rings is 1. The van der Waals surface area contributed by atoms with Crippen LogP contribution in [0.5, 0.6) is 0 Å². The summed E-state index contributed by atoms with van der Waals surface area (Å²) in [6.45, 7) is 2.29. The predicted octanol–water partition coefficient (Wildman–Crippen LogP) is 0.131. The molecule has 7 nitrogen and oxygen atoms in total. The molecule has 1 heterocycles. The average molecular weight is 273 g/mol. The Morgan fingerprint density at radius 3 is 2.67 bits per heavy atom. The van der Waals surface area contributed by atoms with Crippen molar-refractivity contribution in [3.8, 4) is 0 Å². The standard InChI is InChI=1S/C10H15N3O4S/c1-2-13-18(16,17)6-5-11-8-3-4-9(10(14)15)12-7-8/h3-4,7,11,13H,2,5-6H2,1H3,(H,14,15). The van der Waals surface area contributed by atoms with Crippen molar-refractivity contribution in [1.82, 2.24) is 9.71 Å². The summed E-state index contributed by atoms with van der Waals surface area (Å²) in [5, 5.41) is 11.5. The van der Waals surface area contributed by atoms with Crippen LogP contribution in [0.2, 0.25) is 0 Å². The van der Waals surface area contributed by atoms with Crippen molar-refractivity contribution >= 4 is 21.7 Å². The molecular weight excluding hydrogens is 258 g/mol. The first-order valence-corrected chi connectivity index (χ1v) is 7.00. The van der Waals surface area contributed by atoms with E-state index >= 15 is 0 Å². The highest BCUT2D eigenvalue weighted by Crippen LogP contribution is 2.05. The molecule has 0 saturated heterocycles. The molecule has 0 aliphatic carbocycles. The Kier molecular flexibility index (Phi) is 5.05. The van der Waals surface area contributed by atoms with Crippen molar-refractivity contribution in [2.75, 3.05) is 24.2 Å². The van der Waals surface area contributed by atoms with Gasteiger partial charge in [-0.2, -0.15) is 0 Å². The molecule has 1 aromatic rings. The van der Waals surface area contributed by atoms with Crippen LogP contribution in [0, 0.1) is 0 Å². The molecule has 0 fully saturated rings. The number of carboxylic acids is 1. The van der Waals surface area contributed by atoms with Gasteiger partial charge < -0.3 is 10.4 Å². The fourth-order valence-corrected chi connectivity index (χ4v) is 2.20. The molecule has 0 atom stereocenters. The molecule has 0 radical (unpaired) electrons. The Bertz CT molecular complexity index is 498. The van der Waals surface area contributed by atoms with E-state index in [-0.39, 0.29) is 18.0 Å². The van der Waals surface area contributed by atoms with Gasteiger partial charge in [-0.25, -0.2) is 22.9 Å². The average Bonchev–Trinajstić information content (AvgIpc) is 2.29. The Balaban J connectivity index is 2.47. The minimum absolute atomic E-state index is 0.0540. The van der Waals surface area contributed by atoms with E-state index in [1.807, 2.05) is 0 Å². The highest BCUT2D eigenvalue weighted by atomic mass is 32.2. The zero-order valence-electron chi connectivity index (χ0n) is 9.88. The molecule has 0 aliphatic rings. The van der Waals surface area contributed by atoms with Crippen molar-refractivity contribution in [2.24, 2.45) is 0 Å². The Hall–Kier alpha value is -1.67. The SMILES string of the molecule is CCNS(=O)(=O)CCNc1ccc(C(=O)O)nc1. The minimum atomic E-state index is -3.25. The van der Waals surface area contributed by atoms with E-state index in [0.717, 1.165) is 0 Å². The molecule has 8 heteroatoms. The Morgan fingerprint density at radius 2 is 2.17 bits per heavy atom. The van der Waals surface area contributed by atoms with Gasteiger partial charge in [0.1, 0.15) is 5.69 Å². The van der Waals surface area contributed by atoms with Gasteiger partial charge in [0.25, 0.3) is 0 Å². The second-order valence-electron chi connectivity index (χ2n) is 3.48. The lowest BCUT2D eigenvalue weighted by molar-refractivity contribution is 0.0690. The van der Waals surface area contributed by atoms with Gasteiger partial charge in [-0.1, -0.05) is 6.92 Å². The third-order valence-electron chi connectivity index (χ3n) is 2.05. The monoisotopic (exact) mass is 273 g/mol. The van der Waals surface area contributed by atoms with Crippen molar-refractivity contribution in [3.05, 3.63) is 24.0 Å². The van der Waals surface area contributed by atoms with Crippen molar-refractivity contribution in [2.45, 2.75) is 6.92 Å². The first kappa shape index (κ1) is 14.4. The van der Waals surface area contributed by atoms with Crippen LogP contribution in [0.4, 0.5) is 5.69 Å². The number of nitrogens with one attached hydrogen (secondary N) is 2. The molecule has 1 aromatic heterocycles. The van der Waals surface area contributed by atoms with Gasteiger partial charge in [0, 0.05) is 13.1 Å². The summed E-state index contributed by atoms with van der Waals surface area (Å²) in [5.41, 5.74) is 0.521. The summed E-state index contributed by atoms with van der Waals surface area (Å²) in [5.74, 6) is -1.15. The molecule has 0 aromatic carbocycles. The molecule has 0 amide bonds. The predicted molar refractivity (Wildman–Crippen MR) is 67.1 cm³/mol. The first-order chi connectivity index (χ1) is 8.44. The quantitative estimate of drug-likeness (QED) is 0.651. The van der Waals surface area contributed by atoms with Crippen molar-refractivity contribution in [1.29, 1.82) is 0 Å². The first-order valence-electron chi connectivity index (χ1n) is 5.35. The second-order valence-corrected chi connectivity index (χ2v) is 5.41. The fraction of sp³-hybridized carbons (Fsp3) is 0.400. The zero-order chi connectivity index (χ0) is 13.6. The molecule has 100 valence electrons. The molecule has 0 spiro atoms. The van der Waals surface area contributed by atoms with Crippen molar-refractivity contribution < 1.29 is 18.3 Å². The van der Waals surface area contributed by atoms with E-state index in [2.05, 4.69) is 15.0 Å². The molecular formula is C10H15N3O4S. The number of sulfonamides is 1. The Labute approximate surface area is 105 Å². The summed E-state index contributed by atoms with van der Waals surface area (Å²) in [6, 6.07) is 2.89. The molecule has 18 heavy (non-hydrogen) atoms. The molecule has 0 aliphatic heterocycles. The van der Waals surface area contributed by atoms with Gasteiger partial charge in [0.2, 0.25) is 10.0 Å². The van der Waals surface area contributed by atoms with Crippen LogP contribution >= 0.6 is 0 Å². The molecule has 0 unspecified atom stereocenters. The zero-order valence-corrected chi connectivity index (χ0v) is 10.7. The van der Waals surface area contributed by atoms with Crippen LogP contribution in [-0.2, 0) is 10.0 Å². The number of nitrogens with zero attached hydrogens (tertiary/aromatic N) is 1. The maximum absolute atomic E-state index is 11.3. The Morgan fingerprint density at radius 1 is 1.44 bits per heavy atom. The largest absolute Gasteiger partial charge is 0.477 e. The number of hydrogen-bond acceptors (Lipinski definition) is 5. The lowest BCUT2D eigenvalue weighted by atomic mass is 10.3. The normalized spacial score (nSPS) is 11.2. The highest BCUT2D eigenvalue weighted by Gasteiger charge is 2.08. The summed E-state index contributed by atoms with van der Waals surface area (Å²) < 4.78 is 25.0. The maximum atomic E-state index is 11.3. The van der Waals surface area contributed by atoms with Gasteiger partial charge in [-0.3, -0.25) is 0 Å². The number of hydrogen-bond donors (Lipinski definition) is 3. The summed E-state index contributed by atoms with van der Waals surface area (Å²) >= 11 is 0. The third-order valence-corrected chi connectivity index (χ3v) is 3.52. The van der Waals surface area contributed by atoms with E-state index in [1.165, 1.54) is 18.3 Å². The van der Waals surface area contributed by atoms with E-state index in [0.29, 0.717) is 12.2 Å². The summed E-state index contributed by atoms with van der Waals surface area (Å²) in [4.78, 5) is 14.3. The topological polar surface area (TPSA) is 108 Å². The van der Waals surface area contributed by atoms with Crippen LogP contribution in [0.1, 0.15) is 17.4 Å². The number of anilines is 1. The maximum Gasteiger partial charge on any atom is 0.354 e. The molecule has 3 N–H and O–H groups in total. The molecule has 1 rings (SSSR count). The van der Waals surface area contributed by atoms with Crippen LogP contribution in [0.3, 0.4) is 0 Å². The smallest absolute Gasteiger partial charge is 0.354 e. The number of rotatable bonds is 7. The van der Waals surface area contributed by atoms with E-state index in [9.17, 15) is 13.2 Å². The number of carboxylic acid groups (broad SMARTS) is 1. The van der Waals surface area contributed by atoms with Gasteiger partial charge >= 0.3 is 5.97 Å². The van der Waals surface area contributed by atoms with Gasteiger partial charge in [0.05, 0.1) is 17.6 Å². The minimum Gasteiger partial charge on any atom is -0.477 e. The number of aromatic nitrogens is 1. The third kappa shape index (κ3) is 4.68. The van der Waals surface area contributed by atoms with Gasteiger partial charge in [-0.15, -0.1) is 0 Å². The van der Waals surface area contributed by atoms with Crippen LogP contribution in [0.15, 0.2) is 18.3 Å². The van der Waals surface area contributed by atoms with Crippen LogP contribution < -0.4 is 10.0 Å². The molecule has 0 bridgehead atoms. The van der Waals surface area contributed by atoms with Crippen LogP contribution in [0.25, 0.3) is 0 Å². The lowest BCUT2D eigenvalue weighted by Gasteiger charge is -2.07. The van der Waals surface area contributed by atoms with Crippen molar-refractivity contribution in [3.63, 3.8) is 0 Å². The highest BCUT2D eigenvalue weighted by molar-refractivity contribution is 7.89. The number of carbonyl (C=O) groups is 1.